The summed E-state index contributed by atoms with van der Waals surface area (Å²) >= 11 is 0. The first kappa shape index (κ1) is 13.8. The highest BCUT2D eigenvalue weighted by Crippen LogP contribution is 2.23. The van der Waals surface area contributed by atoms with Gasteiger partial charge in [-0.05, 0) is 25.7 Å². The van der Waals surface area contributed by atoms with E-state index in [1.807, 2.05) is 0 Å². The molecule has 0 aliphatic heterocycles. The summed E-state index contributed by atoms with van der Waals surface area (Å²) in [7, 11) is 0. The molecule has 0 aromatic carbocycles. The van der Waals surface area contributed by atoms with Crippen LogP contribution in [0.5, 0.6) is 0 Å². The van der Waals surface area contributed by atoms with E-state index in [0.717, 1.165) is 19.3 Å². The fraction of sp³-hybridized carbons (Fsp3) is 0.833. The number of rotatable bonds is 4. The summed E-state index contributed by atoms with van der Waals surface area (Å²) < 4.78 is 4.72. The highest BCUT2D eigenvalue weighted by Gasteiger charge is 2.20. The van der Waals surface area contributed by atoms with Gasteiger partial charge in [-0.3, -0.25) is 4.79 Å². The molecule has 2 unspecified atom stereocenters. The molecular formula is C12H22N2O3. The first-order valence-corrected chi connectivity index (χ1v) is 6.31. The van der Waals surface area contributed by atoms with Gasteiger partial charge in [0.05, 0.1) is 6.61 Å². The maximum absolute atomic E-state index is 11.5. The van der Waals surface area contributed by atoms with Gasteiger partial charge >= 0.3 is 12.0 Å². The van der Waals surface area contributed by atoms with Crippen molar-refractivity contribution >= 4 is 12.0 Å². The van der Waals surface area contributed by atoms with Crippen LogP contribution in [0, 0.1) is 5.92 Å². The van der Waals surface area contributed by atoms with Crippen LogP contribution in [0.1, 0.15) is 39.5 Å². The van der Waals surface area contributed by atoms with Crippen molar-refractivity contribution in [2.45, 2.75) is 45.6 Å². The van der Waals surface area contributed by atoms with Crippen molar-refractivity contribution < 1.29 is 14.3 Å². The molecule has 1 aliphatic rings. The summed E-state index contributed by atoms with van der Waals surface area (Å²) in [5, 5.41) is 5.39. The molecule has 17 heavy (non-hydrogen) atoms. The number of hydrogen-bond acceptors (Lipinski definition) is 3. The van der Waals surface area contributed by atoms with Crippen LogP contribution in [0.15, 0.2) is 0 Å². The lowest BCUT2D eigenvalue weighted by Gasteiger charge is -2.27. The van der Waals surface area contributed by atoms with Gasteiger partial charge < -0.3 is 15.4 Å². The third kappa shape index (κ3) is 5.56. The first-order chi connectivity index (χ1) is 8.11. The SMILES string of the molecule is CCOC(=O)CNC(=O)NC1CCCC(C)C1. The van der Waals surface area contributed by atoms with E-state index < -0.39 is 5.97 Å². The van der Waals surface area contributed by atoms with Gasteiger partial charge in [-0.15, -0.1) is 0 Å². The van der Waals surface area contributed by atoms with E-state index in [1.54, 1.807) is 6.92 Å². The van der Waals surface area contributed by atoms with E-state index in [1.165, 1.54) is 6.42 Å². The van der Waals surface area contributed by atoms with E-state index in [9.17, 15) is 9.59 Å². The number of ether oxygens (including phenoxy) is 1. The van der Waals surface area contributed by atoms with Gasteiger partial charge in [0.1, 0.15) is 6.54 Å². The topological polar surface area (TPSA) is 67.4 Å². The number of hydrogen-bond donors (Lipinski definition) is 2. The lowest BCUT2D eigenvalue weighted by atomic mass is 9.87. The third-order valence-corrected chi connectivity index (χ3v) is 2.97. The van der Waals surface area contributed by atoms with Crippen LogP contribution in [0.3, 0.4) is 0 Å². The summed E-state index contributed by atoms with van der Waals surface area (Å²) in [6.45, 7) is 4.20. The van der Waals surface area contributed by atoms with Crippen molar-refractivity contribution in [3.05, 3.63) is 0 Å². The van der Waals surface area contributed by atoms with Gasteiger partial charge in [-0.2, -0.15) is 0 Å². The molecule has 98 valence electrons. The Morgan fingerprint density at radius 3 is 2.76 bits per heavy atom. The highest BCUT2D eigenvalue weighted by atomic mass is 16.5. The maximum atomic E-state index is 11.5. The van der Waals surface area contributed by atoms with E-state index in [-0.39, 0.29) is 18.6 Å². The second-order valence-electron chi connectivity index (χ2n) is 4.60. The standard InChI is InChI=1S/C12H22N2O3/c1-3-17-11(15)8-13-12(16)14-10-6-4-5-9(2)7-10/h9-10H,3-8H2,1-2H3,(H2,13,14,16). The molecule has 1 saturated carbocycles. The summed E-state index contributed by atoms with van der Waals surface area (Å²) in [6.07, 6.45) is 4.44. The van der Waals surface area contributed by atoms with Crippen LogP contribution >= 0.6 is 0 Å². The van der Waals surface area contributed by atoms with Crippen LogP contribution < -0.4 is 10.6 Å². The fourth-order valence-corrected chi connectivity index (χ4v) is 2.17. The summed E-state index contributed by atoms with van der Waals surface area (Å²) in [4.78, 5) is 22.5. The number of amides is 2. The zero-order valence-electron chi connectivity index (χ0n) is 10.6. The maximum Gasteiger partial charge on any atom is 0.325 e. The minimum absolute atomic E-state index is 0.0675. The van der Waals surface area contributed by atoms with Crippen molar-refractivity contribution in [2.75, 3.05) is 13.2 Å². The predicted molar refractivity (Wildman–Crippen MR) is 64.6 cm³/mol. The Labute approximate surface area is 102 Å². The number of nitrogens with one attached hydrogen (secondary N) is 2. The molecule has 0 spiro atoms. The van der Waals surface area contributed by atoms with Crippen molar-refractivity contribution in [3.8, 4) is 0 Å². The van der Waals surface area contributed by atoms with E-state index in [4.69, 9.17) is 4.74 Å². The molecule has 5 heteroatoms. The molecular weight excluding hydrogens is 220 g/mol. The molecule has 0 aromatic heterocycles. The van der Waals surface area contributed by atoms with Crippen LogP contribution in [0.25, 0.3) is 0 Å². The minimum atomic E-state index is -0.403. The Kier molecular flexibility index (Phi) is 5.80. The summed E-state index contributed by atoms with van der Waals surface area (Å²) in [6, 6.07) is -0.0434. The summed E-state index contributed by atoms with van der Waals surface area (Å²) in [5.74, 6) is 0.263. The van der Waals surface area contributed by atoms with Gasteiger partial charge in [0, 0.05) is 6.04 Å². The molecule has 0 bridgehead atoms. The Morgan fingerprint density at radius 2 is 2.12 bits per heavy atom. The number of esters is 1. The Hall–Kier alpha value is -1.26. The quantitative estimate of drug-likeness (QED) is 0.733. The lowest BCUT2D eigenvalue weighted by molar-refractivity contribution is -0.141. The van der Waals surface area contributed by atoms with Gasteiger partial charge in [-0.1, -0.05) is 19.8 Å². The van der Waals surface area contributed by atoms with E-state index in [0.29, 0.717) is 12.5 Å². The van der Waals surface area contributed by atoms with Crippen LogP contribution in [0.2, 0.25) is 0 Å². The van der Waals surface area contributed by atoms with Crippen molar-refractivity contribution in [1.82, 2.24) is 10.6 Å². The molecule has 1 fully saturated rings. The zero-order valence-corrected chi connectivity index (χ0v) is 10.6. The van der Waals surface area contributed by atoms with Crippen molar-refractivity contribution in [2.24, 2.45) is 5.92 Å². The predicted octanol–water partition coefficient (Wildman–Crippen LogP) is 1.43. The van der Waals surface area contributed by atoms with Crippen molar-refractivity contribution in [1.29, 1.82) is 0 Å². The highest BCUT2D eigenvalue weighted by molar-refractivity contribution is 5.80. The largest absolute Gasteiger partial charge is 0.465 e. The Morgan fingerprint density at radius 1 is 1.35 bits per heavy atom. The van der Waals surface area contributed by atoms with E-state index >= 15 is 0 Å². The average Bonchev–Trinajstić information content (AvgIpc) is 2.27. The molecule has 0 radical (unpaired) electrons. The minimum Gasteiger partial charge on any atom is -0.465 e. The molecule has 2 N–H and O–H groups in total. The molecule has 2 amide bonds. The fourth-order valence-electron chi connectivity index (χ4n) is 2.17. The molecule has 0 heterocycles. The second-order valence-corrected chi connectivity index (χ2v) is 4.60. The first-order valence-electron chi connectivity index (χ1n) is 6.31. The monoisotopic (exact) mass is 242 g/mol. The molecule has 5 nitrogen and oxygen atoms in total. The van der Waals surface area contributed by atoms with Crippen molar-refractivity contribution in [3.63, 3.8) is 0 Å². The van der Waals surface area contributed by atoms with Crippen LogP contribution in [-0.2, 0) is 9.53 Å². The normalized spacial score (nSPS) is 23.9. The lowest BCUT2D eigenvalue weighted by Crippen LogP contribution is -2.45. The third-order valence-electron chi connectivity index (χ3n) is 2.97. The second kappa shape index (κ2) is 7.14. The van der Waals surface area contributed by atoms with Crippen LogP contribution in [0.4, 0.5) is 4.79 Å². The molecule has 0 aromatic rings. The molecule has 2 atom stereocenters. The molecule has 1 rings (SSSR count). The Balaban J connectivity index is 2.18. The smallest absolute Gasteiger partial charge is 0.325 e. The average molecular weight is 242 g/mol. The molecule has 0 saturated heterocycles. The van der Waals surface area contributed by atoms with Gasteiger partial charge in [0.2, 0.25) is 0 Å². The van der Waals surface area contributed by atoms with Crippen LogP contribution in [-0.4, -0.2) is 31.2 Å². The van der Waals surface area contributed by atoms with Gasteiger partial charge in [0.15, 0.2) is 0 Å². The Bertz CT molecular complexity index is 268. The van der Waals surface area contributed by atoms with Gasteiger partial charge in [0.25, 0.3) is 0 Å². The van der Waals surface area contributed by atoms with E-state index in [2.05, 4.69) is 17.6 Å². The zero-order chi connectivity index (χ0) is 12.7. The number of urea groups is 1. The summed E-state index contributed by atoms with van der Waals surface area (Å²) in [5.41, 5.74) is 0. The van der Waals surface area contributed by atoms with Gasteiger partial charge in [-0.25, -0.2) is 4.79 Å². The molecule has 1 aliphatic carbocycles. The number of carbonyl (C=O) groups excluding carboxylic acids is 2. The number of carbonyl (C=O) groups is 2.